The van der Waals surface area contributed by atoms with E-state index in [1.807, 2.05) is 6.21 Å². The molecule has 0 aliphatic carbocycles. The summed E-state index contributed by atoms with van der Waals surface area (Å²) in [5.74, 6) is 0. The topological polar surface area (TPSA) is 38.4 Å². The van der Waals surface area contributed by atoms with E-state index in [1.165, 1.54) is 5.57 Å². The molecule has 0 fully saturated rings. The summed E-state index contributed by atoms with van der Waals surface area (Å²) in [5.41, 5.74) is 8.33. The van der Waals surface area contributed by atoms with Gasteiger partial charge in [-0.25, -0.2) is 0 Å². The summed E-state index contributed by atoms with van der Waals surface area (Å²) in [6.45, 7) is 20.0. The van der Waals surface area contributed by atoms with Gasteiger partial charge in [0.25, 0.3) is 0 Å². The van der Waals surface area contributed by atoms with Crippen LogP contribution in [0.25, 0.3) is 0 Å². The van der Waals surface area contributed by atoms with E-state index < -0.39 is 0 Å². The van der Waals surface area contributed by atoms with Crippen LogP contribution in [0.2, 0.25) is 0 Å². The fourth-order valence-corrected chi connectivity index (χ4v) is 1.87. The lowest BCUT2D eigenvalue weighted by Crippen LogP contribution is -2.32. The molecular weight excluding hydrogens is 244 g/mol. The van der Waals surface area contributed by atoms with Gasteiger partial charge in [0.15, 0.2) is 0 Å². The summed E-state index contributed by atoms with van der Waals surface area (Å²) in [4.78, 5) is 4.62. The zero-order chi connectivity index (χ0) is 16.2. The standard InChI is InChI=1S/C18H34N2/c1-10-14(18(8,9)17(5,6)7)13-20-15(12-19)11-16(2,3)4/h10,12-13H,11,19H2,1-9H3/b14-10+,15-12-,20-13-. The Hall–Kier alpha value is -1.05. The van der Waals surface area contributed by atoms with E-state index in [4.69, 9.17) is 5.73 Å². The molecule has 0 saturated heterocycles. The molecule has 2 heteroatoms. The summed E-state index contributed by atoms with van der Waals surface area (Å²) in [7, 11) is 0. The van der Waals surface area contributed by atoms with Crippen LogP contribution in [-0.4, -0.2) is 6.21 Å². The molecule has 0 amide bonds. The Bertz CT molecular complexity index is 396. The Labute approximate surface area is 126 Å². The van der Waals surface area contributed by atoms with Crippen LogP contribution < -0.4 is 5.73 Å². The smallest absolute Gasteiger partial charge is 0.0563 e. The lowest BCUT2D eigenvalue weighted by atomic mass is 9.65. The van der Waals surface area contributed by atoms with Gasteiger partial charge in [0.05, 0.1) is 5.70 Å². The van der Waals surface area contributed by atoms with Crippen LogP contribution in [0.1, 0.15) is 68.7 Å². The molecule has 116 valence electrons. The summed E-state index contributed by atoms with van der Waals surface area (Å²) in [5, 5.41) is 0. The number of allylic oxidation sites excluding steroid dienone is 3. The van der Waals surface area contributed by atoms with E-state index in [-0.39, 0.29) is 16.2 Å². The van der Waals surface area contributed by atoms with E-state index >= 15 is 0 Å². The quantitative estimate of drug-likeness (QED) is 0.695. The van der Waals surface area contributed by atoms with Crippen molar-refractivity contribution >= 4 is 6.21 Å². The first kappa shape index (κ1) is 18.9. The first-order valence-corrected chi connectivity index (χ1v) is 7.47. The molecule has 20 heavy (non-hydrogen) atoms. The van der Waals surface area contributed by atoms with E-state index in [1.54, 1.807) is 6.20 Å². The van der Waals surface area contributed by atoms with Crippen LogP contribution in [0.4, 0.5) is 0 Å². The van der Waals surface area contributed by atoms with Crippen LogP contribution in [0, 0.1) is 16.2 Å². The van der Waals surface area contributed by atoms with E-state index in [0.29, 0.717) is 0 Å². The van der Waals surface area contributed by atoms with E-state index in [9.17, 15) is 0 Å². The highest BCUT2D eigenvalue weighted by atomic mass is 14.8. The second-order valence-corrected chi connectivity index (χ2v) is 8.27. The highest BCUT2D eigenvalue weighted by molar-refractivity contribution is 5.81. The normalized spacial score (nSPS) is 16.1. The van der Waals surface area contributed by atoms with Crippen molar-refractivity contribution < 1.29 is 0 Å². The zero-order valence-corrected chi connectivity index (χ0v) is 15.0. The highest BCUT2D eigenvalue weighted by Gasteiger charge is 2.35. The number of hydrogen-bond acceptors (Lipinski definition) is 2. The Kier molecular flexibility index (Phi) is 6.25. The number of aliphatic imine (C=N–C) groups is 1. The zero-order valence-electron chi connectivity index (χ0n) is 15.0. The molecule has 2 nitrogen and oxygen atoms in total. The molecule has 0 aliphatic heterocycles. The molecule has 0 spiro atoms. The van der Waals surface area contributed by atoms with Gasteiger partial charge in [-0.05, 0) is 35.2 Å². The Balaban J connectivity index is 5.22. The van der Waals surface area contributed by atoms with E-state index in [0.717, 1.165) is 12.1 Å². The molecule has 2 N–H and O–H groups in total. The molecule has 0 unspecified atom stereocenters. The van der Waals surface area contributed by atoms with Gasteiger partial charge in [-0.15, -0.1) is 0 Å². The number of nitrogens with zero attached hydrogens (tertiary/aromatic N) is 1. The molecule has 0 bridgehead atoms. The molecular formula is C18H34N2. The lowest BCUT2D eigenvalue weighted by molar-refractivity contribution is 0.185. The maximum Gasteiger partial charge on any atom is 0.0563 e. The van der Waals surface area contributed by atoms with Crippen molar-refractivity contribution in [1.29, 1.82) is 0 Å². The van der Waals surface area contributed by atoms with Gasteiger partial charge in [0, 0.05) is 12.4 Å². The van der Waals surface area contributed by atoms with Gasteiger partial charge in [-0.1, -0.05) is 61.5 Å². The van der Waals surface area contributed by atoms with Crippen LogP contribution in [0.3, 0.4) is 0 Å². The van der Waals surface area contributed by atoms with Crippen molar-refractivity contribution in [2.45, 2.75) is 68.7 Å². The van der Waals surface area contributed by atoms with Crippen LogP contribution in [0.15, 0.2) is 28.5 Å². The van der Waals surface area contributed by atoms with Gasteiger partial charge in [-0.2, -0.15) is 0 Å². The minimum absolute atomic E-state index is 0.0622. The van der Waals surface area contributed by atoms with Crippen molar-refractivity contribution in [3.05, 3.63) is 23.5 Å². The van der Waals surface area contributed by atoms with E-state index in [2.05, 4.69) is 73.4 Å². The van der Waals surface area contributed by atoms with Gasteiger partial charge in [0.2, 0.25) is 0 Å². The second kappa shape index (κ2) is 6.60. The third-order valence-corrected chi connectivity index (χ3v) is 4.18. The lowest BCUT2D eigenvalue weighted by Gasteiger charge is -2.40. The summed E-state index contributed by atoms with van der Waals surface area (Å²) in [6, 6.07) is 0. The predicted molar refractivity (Wildman–Crippen MR) is 91.8 cm³/mol. The summed E-state index contributed by atoms with van der Waals surface area (Å²) < 4.78 is 0. The minimum atomic E-state index is 0.0622. The molecule has 0 heterocycles. The third kappa shape index (κ3) is 5.52. The first-order valence-electron chi connectivity index (χ1n) is 7.47. The van der Waals surface area contributed by atoms with Crippen molar-refractivity contribution in [1.82, 2.24) is 0 Å². The molecule has 0 aromatic rings. The highest BCUT2D eigenvalue weighted by Crippen LogP contribution is 2.43. The molecule has 0 saturated carbocycles. The maximum atomic E-state index is 5.71. The summed E-state index contributed by atoms with van der Waals surface area (Å²) >= 11 is 0. The third-order valence-electron chi connectivity index (χ3n) is 4.18. The SMILES string of the molecule is C\C=C(/C=N\C(=C/N)CC(C)(C)C)C(C)(C)C(C)(C)C. The predicted octanol–water partition coefficient (Wildman–Crippen LogP) is 5.31. The van der Waals surface area contributed by atoms with Crippen LogP contribution in [0.5, 0.6) is 0 Å². The van der Waals surface area contributed by atoms with Gasteiger partial charge in [-0.3, -0.25) is 4.99 Å². The minimum Gasteiger partial charge on any atom is -0.403 e. The summed E-state index contributed by atoms with van der Waals surface area (Å²) in [6.07, 6.45) is 6.64. The number of nitrogens with two attached hydrogens (primary N) is 1. The fourth-order valence-electron chi connectivity index (χ4n) is 1.87. The van der Waals surface area contributed by atoms with Gasteiger partial charge >= 0.3 is 0 Å². The van der Waals surface area contributed by atoms with Crippen molar-refractivity contribution in [2.24, 2.45) is 27.0 Å². The largest absolute Gasteiger partial charge is 0.403 e. The molecule has 0 aromatic carbocycles. The van der Waals surface area contributed by atoms with Gasteiger partial charge in [0.1, 0.15) is 0 Å². The number of hydrogen-bond donors (Lipinski definition) is 1. The monoisotopic (exact) mass is 278 g/mol. The Morgan fingerprint density at radius 3 is 1.80 bits per heavy atom. The second-order valence-electron chi connectivity index (χ2n) is 8.27. The Morgan fingerprint density at radius 2 is 1.50 bits per heavy atom. The van der Waals surface area contributed by atoms with Crippen LogP contribution >= 0.6 is 0 Å². The van der Waals surface area contributed by atoms with Crippen molar-refractivity contribution in [2.75, 3.05) is 0 Å². The average Bonchev–Trinajstić information content (AvgIpc) is 2.24. The van der Waals surface area contributed by atoms with Crippen molar-refractivity contribution in [3.8, 4) is 0 Å². The molecule has 0 aromatic heterocycles. The van der Waals surface area contributed by atoms with Crippen molar-refractivity contribution in [3.63, 3.8) is 0 Å². The number of rotatable bonds is 4. The fraction of sp³-hybridized carbons (Fsp3) is 0.722. The first-order chi connectivity index (χ1) is 8.85. The Morgan fingerprint density at radius 1 is 1.00 bits per heavy atom. The average molecular weight is 278 g/mol. The molecule has 0 aliphatic rings. The van der Waals surface area contributed by atoms with Crippen LogP contribution in [-0.2, 0) is 0 Å². The molecule has 0 rings (SSSR count). The molecule has 0 radical (unpaired) electrons. The maximum absolute atomic E-state index is 5.71. The molecule has 0 atom stereocenters. The van der Waals surface area contributed by atoms with Gasteiger partial charge < -0.3 is 5.73 Å².